The number of aromatic nitrogens is 2. The average molecular weight is 271 g/mol. The van der Waals surface area contributed by atoms with Crippen LogP contribution in [0.2, 0.25) is 0 Å². The summed E-state index contributed by atoms with van der Waals surface area (Å²) in [4.78, 5) is 11.1. The van der Waals surface area contributed by atoms with Gasteiger partial charge in [0.05, 0.1) is 18.0 Å². The lowest BCUT2D eigenvalue weighted by Gasteiger charge is -2.20. The van der Waals surface area contributed by atoms with Crippen LogP contribution >= 0.6 is 0 Å². The van der Waals surface area contributed by atoms with E-state index < -0.39 is 0 Å². The maximum absolute atomic E-state index is 9.21. The van der Waals surface area contributed by atoms with E-state index >= 15 is 0 Å². The lowest BCUT2D eigenvalue weighted by Crippen LogP contribution is -2.27. The minimum atomic E-state index is 0.139. The maximum atomic E-state index is 9.21. The molecule has 0 amide bonds. The van der Waals surface area contributed by atoms with Crippen molar-refractivity contribution in [2.45, 2.75) is 26.4 Å². The number of nitrogens with zero attached hydrogens (tertiary/aromatic N) is 3. The molecular formula is C16H21N3O. The Morgan fingerprint density at radius 1 is 1.00 bits per heavy atom. The summed E-state index contributed by atoms with van der Waals surface area (Å²) in [5, 5.41) is 9.21. The molecule has 0 atom stereocenters. The fraction of sp³-hybridized carbons (Fsp3) is 0.375. The van der Waals surface area contributed by atoms with Gasteiger partial charge >= 0.3 is 0 Å². The third-order valence-corrected chi connectivity index (χ3v) is 3.14. The molecule has 106 valence electrons. The van der Waals surface area contributed by atoms with Crippen LogP contribution in [-0.2, 0) is 19.5 Å². The topological polar surface area (TPSA) is 49.2 Å². The lowest BCUT2D eigenvalue weighted by atomic mass is 10.2. The molecule has 0 fully saturated rings. The van der Waals surface area contributed by atoms with Crippen LogP contribution in [0.5, 0.6) is 0 Å². The van der Waals surface area contributed by atoms with Crippen LogP contribution < -0.4 is 0 Å². The number of rotatable bonds is 7. The second-order valence-electron chi connectivity index (χ2n) is 4.73. The Balaban J connectivity index is 2.04. The molecule has 0 saturated heterocycles. The highest BCUT2D eigenvalue weighted by atomic mass is 16.3. The van der Waals surface area contributed by atoms with Crippen LogP contribution in [0.3, 0.4) is 0 Å². The number of aliphatic hydroxyl groups is 1. The largest absolute Gasteiger partial charge is 0.395 e. The summed E-state index contributed by atoms with van der Waals surface area (Å²) in [6.45, 7) is 4.31. The Kier molecular flexibility index (Phi) is 5.65. The van der Waals surface area contributed by atoms with E-state index in [4.69, 9.17) is 0 Å². The first kappa shape index (κ1) is 14.6. The van der Waals surface area contributed by atoms with Crippen molar-refractivity contribution in [2.24, 2.45) is 0 Å². The van der Waals surface area contributed by atoms with Gasteiger partial charge in [-0.1, -0.05) is 19.1 Å². The molecule has 1 N–H and O–H groups in total. The SMILES string of the molecule is CCc1cccc(CN(CCO)Cc2ccccn2)n1. The molecule has 0 bridgehead atoms. The first-order valence-corrected chi connectivity index (χ1v) is 6.99. The molecule has 4 nitrogen and oxygen atoms in total. The number of hydrogen-bond donors (Lipinski definition) is 1. The number of aliphatic hydroxyl groups excluding tert-OH is 1. The van der Waals surface area contributed by atoms with Gasteiger partial charge in [-0.2, -0.15) is 0 Å². The Bertz CT molecular complexity index is 516. The van der Waals surface area contributed by atoms with E-state index in [1.54, 1.807) is 6.20 Å². The first-order chi connectivity index (χ1) is 9.81. The fourth-order valence-electron chi connectivity index (χ4n) is 2.12. The molecule has 0 aliphatic rings. The second kappa shape index (κ2) is 7.72. The minimum Gasteiger partial charge on any atom is -0.395 e. The molecule has 0 saturated carbocycles. The van der Waals surface area contributed by atoms with E-state index in [2.05, 4.69) is 21.8 Å². The molecule has 2 aromatic heterocycles. The predicted octanol–water partition coefficient (Wildman–Crippen LogP) is 2.03. The van der Waals surface area contributed by atoms with Crippen LogP contribution in [0, 0.1) is 0 Å². The Morgan fingerprint density at radius 2 is 1.75 bits per heavy atom. The third kappa shape index (κ3) is 4.40. The highest BCUT2D eigenvalue weighted by Crippen LogP contribution is 2.08. The van der Waals surface area contributed by atoms with Crippen LogP contribution in [0.1, 0.15) is 24.0 Å². The molecule has 0 aliphatic heterocycles. The first-order valence-electron chi connectivity index (χ1n) is 6.99. The smallest absolute Gasteiger partial charge is 0.0558 e. The van der Waals surface area contributed by atoms with Crippen molar-refractivity contribution in [1.29, 1.82) is 0 Å². The highest BCUT2D eigenvalue weighted by molar-refractivity contribution is 5.11. The monoisotopic (exact) mass is 271 g/mol. The van der Waals surface area contributed by atoms with Gasteiger partial charge in [-0.05, 0) is 30.7 Å². The quantitative estimate of drug-likeness (QED) is 0.837. The van der Waals surface area contributed by atoms with Crippen molar-refractivity contribution >= 4 is 0 Å². The fourth-order valence-corrected chi connectivity index (χ4v) is 2.12. The molecule has 2 aromatic rings. The Hall–Kier alpha value is -1.78. The Labute approximate surface area is 120 Å². The predicted molar refractivity (Wildman–Crippen MR) is 79.1 cm³/mol. The molecule has 4 heteroatoms. The molecule has 2 heterocycles. The molecule has 0 unspecified atom stereocenters. The van der Waals surface area contributed by atoms with E-state index in [0.29, 0.717) is 6.54 Å². The molecule has 20 heavy (non-hydrogen) atoms. The summed E-state index contributed by atoms with van der Waals surface area (Å²) in [6.07, 6.45) is 2.73. The zero-order valence-electron chi connectivity index (χ0n) is 11.9. The zero-order valence-corrected chi connectivity index (χ0v) is 11.9. The summed E-state index contributed by atoms with van der Waals surface area (Å²) < 4.78 is 0. The summed E-state index contributed by atoms with van der Waals surface area (Å²) in [6, 6.07) is 12.0. The van der Waals surface area contributed by atoms with Crippen LogP contribution in [0.25, 0.3) is 0 Å². The summed E-state index contributed by atoms with van der Waals surface area (Å²) in [7, 11) is 0. The molecule has 0 radical (unpaired) electrons. The van der Waals surface area contributed by atoms with Gasteiger partial charge < -0.3 is 5.11 Å². The highest BCUT2D eigenvalue weighted by Gasteiger charge is 2.08. The van der Waals surface area contributed by atoms with E-state index in [-0.39, 0.29) is 6.61 Å². The van der Waals surface area contributed by atoms with E-state index in [9.17, 15) is 5.11 Å². The number of aryl methyl sites for hydroxylation is 1. The minimum absolute atomic E-state index is 0.139. The molecule has 0 aliphatic carbocycles. The van der Waals surface area contributed by atoms with Gasteiger partial charge in [0, 0.05) is 31.5 Å². The molecule has 2 rings (SSSR count). The molecule has 0 spiro atoms. The van der Waals surface area contributed by atoms with Crippen molar-refractivity contribution < 1.29 is 5.11 Å². The van der Waals surface area contributed by atoms with Gasteiger partial charge in [0.2, 0.25) is 0 Å². The zero-order chi connectivity index (χ0) is 14.2. The lowest BCUT2D eigenvalue weighted by molar-refractivity contribution is 0.181. The summed E-state index contributed by atoms with van der Waals surface area (Å²) >= 11 is 0. The van der Waals surface area contributed by atoms with E-state index in [1.807, 2.05) is 36.4 Å². The summed E-state index contributed by atoms with van der Waals surface area (Å²) in [5.74, 6) is 0. The van der Waals surface area contributed by atoms with Crippen molar-refractivity contribution in [3.8, 4) is 0 Å². The van der Waals surface area contributed by atoms with E-state index in [0.717, 1.165) is 36.6 Å². The van der Waals surface area contributed by atoms with Gasteiger partial charge in [0.25, 0.3) is 0 Å². The average Bonchev–Trinajstić information content (AvgIpc) is 2.49. The van der Waals surface area contributed by atoms with Gasteiger partial charge in [-0.3, -0.25) is 14.9 Å². The van der Waals surface area contributed by atoms with Crippen molar-refractivity contribution in [3.63, 3.8) is 0 Å². The van der Waals surface area contributed by atoms with Crippen molar-refractivity contribution in [3.05, 3.63) is 59.7 Å². The standard InChI is InChI=1S/C16H21N3O/c1-2-14-7-5-8-16(18-14)13-19(10-11-20)12-15-6-3-4-9-17-15/h3-9,20H,2,10-13H2,1H3. The van der Waals surface area contributed by atoms with Crippen LogP contribution in [0.15, 0.2) is 42.6 Å². The van der Waals surface area contributed by atoms with Gasteiger partial charge in [-0.25, -0.2) is 0 Å². The third-order valence-electron chi connectivity index (χ3n) is 3.14. The second-order valence-corrected chi connectivity index (χ2v) is 4.73. The molecular weight excluding hydrogens is 250 g/mol. The van der Waals surface area contributed by atoms with Crippen molar-refractivity contribution in [2.75, 3.05) is 13.2 Å². The molecule has 0 aromatic carbocycles. The number of pyridine rings is 2. The van der Waals surface area contributed by atoms with Crippen LogP contribution in [-0.4, -0.2) is 33.1 Å². The summed E-state index contributed by atoms with van der Waals surface area (Å²) in [5.41, 5.74) is 3.14. The normalized spacial score (nSPS) is 10.9. The van der Waals surface area contributed by atoms with Gasteiger partial charge in [0.15, 0.2) is 0 Å². The Morgan fingerprint density at radius 3 is 2.45 bits per heavy atom. The van der Waals surface area contributed by atoms with Crippen LogP contribution in [0.4, 0.5) is 0 Å². The van der Waals surface area contributed by atoms with E-state index in [1.165, 1.54) is 0 Å². The maximum Gasteiger partial charge on any atom is 0.0558 e. The van der Waals surface area contributed by atoms with Gasteiger partial charge in [0.1, 0.15) is 0 Å². The van der Waals surface area contributed by atoms with Gasteiger partial charge in [-0.15, -0.1) is 0 Å². The van der Waals surface area contributed by atoms with Crippen molar-refractivity contribution in [1.82, 2.24) is 14.9 Å². The number of hydrogen-bond acceptors (Lipinski definition) is 4.